The first-order chi connectivity index (χ1) is 17.2. The van der Waals surface area contributed by atoms with E-state index in [0.29, 0.717) is 54.6 Å². The summed E-state index contributed by atoms with van der Waals surface area (Å²) in [5.74, 6) is -0.247. The fraction of sp³-hybridized carbons (Fsp3) is 0.333. The van der Waals surface area contributed by atoms with Crippen LogP contribution in [-0.2, 0) is 14.8 Å². The summed E-state index contributed by atoms with van der Waals surface area (Å²) in [7, 11) is -3.84. The summed E-state index contributed by atoms with van der Waals surface area (Å²) in [6.07, 6.45) is 0.628. The van der Waals surface area contributed by atoms with Crippen LogP contribution >= 0.6 is 0 Å². The summed E-state index contributed by atoms with van der Waals surface area (Å²) in [6.45, 7) is 6.72. The number of carbonyl (C=O) groups is 2. The maximum atomic E-state index is 13.4. The van der Waals surface area contributed by atoms with Gasteiger partial charge < -0.3 is 15.0 Å². The van der Waals surface area contributed by atoms with Gasteiger partial charge in [0, 0.05) is 41.2 Å². The smallest absolute Gasteiger partial charge is 0.409 e. The number of carbonyl (C=O) groups excluding carboxylic acids is 2. The number of sulfonamides is 1. The molecular weight excluding hydrogens is 478 g/mol. The van der Waals surface area contributed by atoms with Crippen LogP contribution in [0.25, 0.3) is 10.8 Å². The molecule has 1 fully saturated rings. The van der Waals surface area contributed by atoms with Crippen molar-refractivity contribution in [3.8, 4) is 0 Å². The highest BCUT2D eigenvalue weighted by atomic mass is 32.2. The van der Waals surface area contributed by atoms with Crippen molar-refractivity contribution in [2.24, 2.45) is 0 Å². The van der Waals surface area contributed by atoms with Gasteiger partial charge in [-0.2, -0.15) is 0 Å². The summed E-state index contributed by atoms with van der Waals surface area (Å²) in [5.41, 5.74) is 2.96. The summed E-state index contributed by atoms with van der Waals surface area (Å²) in [6, 6.07) is 15.7. The first kappa shape index (κ1) is 25.7. The molecule has 0 bridgehead atoms. The number of amides is 2. The van der Waals surface area contributed by atoms with Gasteiger partial charge in [0.05, 0.1) is 11.5 Å². The minimum Gasteiger partial charge on any atom is -0.450 e. The molecule has 0 saturated carbocycles. The van der Waals surface area contributed by atoms with E-state index in [0.717, 1.165) is 11.1 Å². The summed E-state index contributed by atoms with van der Waals surface area (Å²) in [4.78, 5) is 26.7. The predicted octanol–water partition coefficient (Wildman–Crippen LogP) is 4.61. The van der Waals surface area contributed by atoms with Gasteiger partial charge in [-0.15, -0.1) is 0 Å². The zero-order chi connectivity index (χ0) is 25.9. The van der Waals surface area contributed by atoms with Gasteiger partial charge in [-0.25, -0.2) is 17.9 Å². The molecule has 3 aromatic carbocycles. The van der Waals surface area contributed by atoms with Crippen LogP contribution in [0.1, 0.15) is 41.3 Å². The number of rotatable bonds is 6. The lowest BCUT2D eigenvalue weighted by atomic mass is 10.0. The standard InChI is InChI=1S/C27H31N3O5S/c1-4-35-27(32)30-15-13-20(14-16-30)29-36(33,34)25-12-11-24(21-7-5-6-8-22(21)25)28-26(31)23-17-18(2)9-10-19(23)3/h5-12,17,20,29H,4,13-16H2,1-3H3,(H,28,31). The molecule has 0 radical (unpaired) electrons. The van der Waals surface area contributed by atoms with Gasteiger partial charge in [0.1, 0.15) is 0 Å². The van der Waals surface area contributed by atoms with Crippen LogP contribution in [0.4, 0.5) is 10.5 Å². The number of nitrogens with zero attached hydrogens (tertiary/aromatic N) is 1. The third kappa shape index (κ3) is 5.52. The molecular formula is C27H31N3O5S. The van der Waals surface area contributed by atoms with Gasteiger partial charge in [0.25, 0.3) is 5.91 Å². The lowest BCUT2D eigenvalue weighted by Crippen LogP contribution is -2.46. The Kier molecular flexibility index (Phi) is 7.61. The van der Waals surface area contributed by atoms with Gasteiger partial charge >= 0.3 is 6.09 Å². The topological polar surface area (TPSA) is 105 Å². The highest BCUT2D eigenvalue weighted by molar-refractivity contribution is 7.89. The Bertz CT molecular complexity index is 1400. The molecule has 1 saturated heterocycles. The van der Waals surface area contributed by atoms with E-state index in [1.807, 2.05) is 38.1 Å². The molecule has 0 spiro atoms. The van der Waals surface area contributed by atoms with Gasteiger partial charge in [-0.1, -0.05) is 42.0 Å². The number of nitrogens with one attached hydrogen (secondary N) is 2. The molecule has 0 aliphatic carbocycles. The molecule has 3 aromatic rings. The molecule has 8 nitrogen and oxygen atoms in total. The van der Waals surface area contributed by atoms with E-state index in [9.17, 15) is 18.0 Å². The van der Waals surface area contributed by atoms with Crippen molar-refractivity contribution in [2.45, 2.75) is 44.6 Å². The van der Waals surface area contributed by atoms with E-state index in [4.69, 9.17) is 4.74 Å². The molecule has 9 heteroatoms. The van der Waals surface area contributed by atoms with Gasteiger partial charge in [-0.3, -0.25) is 4.79 Å². The molecule has 2 N–H and O–H groups in total. The van der Waals surface area contributed by atoms with Crippen molar-refractivity contribution >= 4 is 38.5 Å². The first-order valence-corrected chi connectivity index (χ1v) is 13.5. The number of anilines is 1. The average molecular weight is 510 g/mol. The number of likely N-dealkylation sites (tertiary alicyclic amines) is 1. The number of ether oxygens (including phenoxy) is 1. The number of hydrogen-bond acceptors (Lipinski definition) is 5. The second-order valence-electron chi connectivity index (χ2n) is 9.01. The lowest BCUT2D eigenvalue weighted by molar-refractivity contribution is 0.0964. The van der Waals surface area contributed by atoms with Gasteiger partial charge in [0.15, 0.2) is 0 Å². The first-order valence-electron chi connectivity index (χ1n) is 12.0. The Morgan fingerprint density at radius 1 is 1.00 bits per heavy atom. The molecule has 4 rings (SSSR count). The minimum absolute atomic E-state index is 0.149. The zero-order valence-corrected chi connectivity index (χ0v) is 21.5. The molecule has 0 aromatic heterocycles. The number of fused-ring (bicyclic) bond motifs is 1. The van der Waals surface area contributed by atoms with E-state index in [-0.39, 0.29) is 22.9 Å². The van der Waals surface area contributed by atoms with Crippen molar-refractivity contribution in [3.63, 3.8) is 0 Å². The molecule has 0 atom stereocenters. The Labute approximate surface area is 211 Å². The van der Waals surface area contributed by atoms with Crippen LogP contribution in [0.3, 0.4) is 0 Å². The van der Waals surface area contributed by atoms with Crippen LogP contribution in [-0.4, -0.2) is 51.1 Å². The number of aryl methyl sites for hydroxylation is 2. The van der Waals surface area contributed by atoms with Gasteiger partial charge in [-0.05, 0) is 57.4 Å². The van der Waals surface area contributed by atoms with E-state index in [2.05, 4.69) is 10.0 Å². The minimum atomic E-state index is -3.84. The number of piperidine rings is 1. The molecule has 1 aliphatic heterocycles. The molecule has 0 unspecified atom stereocenters. The Morgan fingerprint density at radius 3 is 2.39 bits per heavy atom. The molecule has 1 heterocycles. The van der Waals surface area contributed by atoms with E-state index in [1.54, 1.807) is 36.1 Å². The monoisotopic (exact) mass is 509 g/mol. The van der Waals surface area contributed by atoms with Crippen LogP contribution < -0.4 is 10.0 Å². The summed E-state index contributed by atoms with van der Waals surface area (Å²) < 4.78 is 34.6. The summed E-state index contributed by atoms with van der Waals surface area (Å²) in [5, 5.41) is 4.11. The number of hydrogen-bond donors (Lipinski definition) is 2. The normalized spacial score (nSPS) is 14.6. The van der Waals surface area contributed by atoms with Crippen molar-refractivity contribution in [1.82, 2.24) is 9.62 Å². The summed E-state index contributed by atoms with van der Waals surface area (Å²) >= 11 is 0. The SMILES string of the molecule is CCOC(=O)N1CCC(NS(=O)(=O)c2ccc(NC(=O)c3cc(C)ccc3C)c3ccccc23)CC1. The molecule has 190 valence electrons. The maximum Gasteiger partial charge on any atom is 0.409 e. The predicted molar refractivity (Wildman–Crippen MR) is 140 cm³/mol. The third-order valence-corrected chi connectivity index (χ3v) is 7.98. The van der Waals surface area contributed by atoms with Crippen LogP contribution in [0, 0.1) is 13.8 Å². The lowest BCUT2D eigenvalue weighted by Gasteiger charge is -2.31. The van der Waals surface area contributed by atoms with Crippen LogP contribution in [0.2, 0.25) is 0 Å². The second kappa shape index (κ2) is 10.7. The molecule has 2 amide bonds. The highest BCUT2D eigenvalue weighted by Crippen LogP contribution is 2.30. The van der Waals surface area contributed by atoms with Gasteiger partial charge in [0.2, 0.25) is 10.0 Å². The molecule has 1 aliphatic rings. The van der Waals surface area contributed by atoms with E-state index >= 15 is 0 Å². The largest absolute Gasteiger partial charge is 0.450 e. The zero-order valence-electron chi connectivity index (χ0n) is 20.7. The average Bonchev–Trinajstić information content (AvgIpc) is 2.86. The van der Waals surface area contributed by atoms with E-state index < -0.39 is 10.0 Å². The van der Waals surface area contributed by atoms with E-state index in [1.165, 1.54) is 6.07 Å². The molecule has 36 heavy (non-hydrogen) atoms. The Balaban J connectivity index is 1.55. The fourth-order valence-electron chi connectivity index (χ4n) is 4.46. The van der Waals surface area contributed by atoms with Crippen molar-refractivity contribution in [3.05, 3.63) is 71.3 Å². The van der Waals surface area contributed by atoms with Crippen molar-refractivity contribution in [2.75, 3.05) is 25.0 Å². The quantitative estimate of drug-likeness (QED) is 0.505. The number of benzene rings is 3. The van der Waals surface area contributed by atoms with Crippen molar-refractivity contribution in [1.29, 1.82) is 0 Å². The fourth-order valence-corrected chi connectivity index (χ4v) is 5.98. The Hall–Kier alpha value is -3.43. The maximum absolute atomic E-state index is 13.4. The van der Waals surface area contributed by atoms with Crippen LogP contribution in [0.5, 0.6) is 0 Å². The van der Waals surface area contributed by atoms with Crippen molar-refractivity contribution < 1.29 is 22.7 Å². The highest BCUT2D eigenvalue weighted by Gasteiger charge is 2.28. The second-order valence-corrected chi connectivity index (χ2v) is 10.7. The third-order valence-electron chi connectivity index (χ3n) is 6.40. The van der Waals surface area contributed by atoms with Crippen LogP contribution in [0.15, 0.2) is 59.5 Å². The Morgan fingerprint density at radius 2 is 1.69 bits per heavy atom.